The molecule has 0 aromatic rings. The maximum absolute atomic E-state index is 9.12. The average molecular weight is 205 g/mol. The van der Waals surface area contributed by atoms with Crippen molar-refractivity contribution in [2.24, 2.45) is 0 Å². The molecule has 0 saturated carbocycles. The maximum Gasteiger partial charge on any atom is 0.243 e. The molecule has 0 amide bonds. The summed E-state index contributed by atoms with van der Waals surface area (Å²) in [5.41, 5.74) is 0. The van der Waals surface area contributed by atoms with Crippen LogP contribution in [0.4, 0.5) is 0 Å². The van der Waals surface area contributed by atoms with E-state index in [1.54, 1.807) is 0 Å². The summed E-state index contributed by atoms with van der Waals surface area (Å²) in [7, 11) is 0. The second-order valence-corrected chi connectivity index (χ2v) is 3.86. The van der Waals surface area contributed by atoms with Gasteiger partial charge in [0, 0.05) is 13.5 Å². The van der Waals surface area contributed by atoms with E-state index in [1.807, 2.05) is 0 Å². The van der Waals surface area contributed by atoms with Crippen molar-refractivity contribution in [3.63, 3.8) is 0 Å². The van der Waals surface area contributed by atoms with Crippen LogP contribution in [0.3, 0.4) is 0 Å². The number of nitrogens with zero attached hydrogens (tertiary/aromatic N) is 1. The van der Waals surface area contributed by atoms with Crippen LogP contribution in [0.5, 0.6) is 0 Å². The minimum absolute atomic E-state index is 0.301. The van der Waals surface area contributed by atoms with Crippen LogP contribution in [0.25, 0.3) is 0 Å². The molecule has 4 nitrogen and oxygen atoms in total. The molecule has 0 aliphatic heterocycles. The molecule has 86 valence electrons. The first-order valence-corrected chi connectivity index (χ1v) is 5.39. The zero-order valence-corrected chi connectivity index (χ0v) is 9.24. The van der Waals surface area contributed by atoms with E-state index in [4.69, 9.17) is 15.4 Å². The lowest BCUT2D eigenvalue weighted by Crippen LogP contribution is -2.44. The Morgan fingerprint density at radius 3 is 2.00 bits per heavy atom. The van der Waals surface area contributed by atoms with Crippen LogP contribution >= 0.6 is 0 Å². The molecule has 0 fully saturated rings. The van der Waals surface area contributed by atoms with Crippen LogP contribution in [0.1, 0.15) is 52.4 Å². The van der Waals surface area contributed by atoms with E-state index >= 15 is 0 Å². The Kier molecular flexibility index (Phi) is 7.09. The number of unbranched alkanes of at least 4 members (excludes halogenated alkanes) is 5. The molecule has 0 aliphatic rings. The van der Waals surface area contributed by atoms with Crippen LogP contribution in [0.15, 0.2) is 0 Å². The fourth-order valence-corrected chi connectivity index (χ4v) is 1.25. The number of aliphatic hydroxyl groups is 2. The lowest BCUT2D eigenvalue weighted by molar-refractivity contribution is -0.351. The van der Waals surface area contributed by atoms with Gasteiger partial charge >= 0.3 is 0 Å². The van der Waals surface area contributed by atoms with Gasteiger partial charge in [0.05, 0.1) is 0 Å². The van der Waals surface area contributed by atoms with Crippen molar-refractivity contribution < 1.29 is 15.4 Å². The Bertz CT molecular complexity index is 134. The van der Waals surface area contributed by atoms with Crippen molar-refractivity contribution in [2.75, 3.05) is 6.54 Å². The second-order valence-electron chi connectivity index (χ2n) is 3.86. The van der Waals surface area contributed by atoms with Crippen LogP contribution in [0.2, 0.25) is 0 Å². The Balaban J connectivity index is 3.28. The van der Waals surface area contributed by atoms with Gasteiger partial charge in [0.1, 0.15) is 0 Å². The predicted octanol–water partition coefficient (Wildman–Crippen LogP) is 1.70. The molecule has 0 unspecified atom stereocenters. The highest BCUT2D eigenvalue weighted by molar-refractivity contribution is 4.53. The van der Waals surface area contributed by atoms with Gasteiger partial charge in [0.15, 0.2) is 0 Å². The molecule has 0 heterocycles. The molecule has 0 spiro atoms. The largest absolute Gasteiger partial charge is 0.352 e. The van der Waals surface area contributed by atoms with E-state index in [2.05, 4.69) is 6.92 Å². The van der Waals surface area contributed by atoms with Gasteiger partial charge < -0.3 is 15.4 Å². The second kappa shape index (κ2) is 7.17. The molecule has 0 bridgehead atoms. The normalized spacial score (nSPS) is 12.4. The maximum atomic E-state index is 9.12. The summed E-state index contributed by atoms with van der Waals surface area (Å²) < 4.78 is 0. The smallest absolute Gasteiger partial charge is 0.243 e. The van der Waals surface area contributed by atoms with Crippen LogP contribution in [0, 0.1) is 0 Å². The van der Waals surface area contributed by atoms with E-state index < -0.39 is 5.91 Å². The summed E-state index contributed by atoms with van der Waals surface area (Å²) >= 11 is 0. The van der Waals surface area contributed by atoms with Gasteiger partial charge in [-0.3, -0.25) is 0 Å². The SMILES string of the molecule is CCCCCCCCN(O)C(C)(O)O. The van der Waals surface area contributed by atoms with Crippen molar-refractivity contribution >= 4 is 0 Å². The number of hydrogen-bond donors (Lipinski definition) is 3. The van der Waals surface area contributed by atoms with Crippen molar-refractivity contribution in [3.05, 3.63) is 0 Å². The Morgan fingerprint density at radius 2 is 1.50 bits per heavy atom. The monoisotopic (exact) mass is 205 g/mol. The summed E-state index contributed by atoms with van der Waals surface area (Å²) in [6.07, 6.45) is 6.65. The summed E-state index contributed by atoms with van der Waals surface area (Å²) in [5.74, 6) is -2.11. The lowest BCUT2D eigenvalue weighted by atomic mass is 10.1. The molecule has 0 rings (SSSR count). The van der Waals surface area contributed by atoms with Gasteiger partial charge in [0.2, 0.25) is 5.91 Å². The van der Waals surface area contributed by atoms with Crippen molar-refractivity contribution in [2.45, 2.75) is 58.3 Å². The minimum Gasteiger partial charge on any atom is -0.352 e. The lowest BCUT2D eigenvalue weighted by Gasteiger charge is -2.25. The van der Waals surface area contributed by atoms with Crippen LogP contribution in [-0.4, -0.2) is 32.9 Å². The summed E-state index contributed by atoms with van der Waals surface area (Å²) in [6.45, 7) is 3.61. The standard InChI is InChI=1S/C10H23NO3/c1-3-4-5-6-7-8-9-11(14)10(2,12)13/h12-14H,3-9H2,1-2H3. The van der Waals surface area contributed by atoms with E-state index in [1.165, 1.54) is 19.3 Å². The highest BCUT2D eigenvalue weighted by Gasteiger charge is 2.23. The van der Waals surface area contributed by atoms with Gasteiger partial charge in [-0.1, -0.05) is 39.0 Å². The number of hydroxylamine groups is 2. The van der Waals surface area contributed by atoms with Crippen molar-refractivity contribution in [3.8, 4) is 0 Å². The topological polar surface area (TPSA) is 63.9 Å². The fourth-order valence-electron chi connectivity index (χ4n) is 1.25. The summed E-state index contributed by atoms with van der Waals surface area (Å²) in [5, 5.41) is 27.6. The molecule has 0 radical (unpaired) electrons. The van der Waals surface area contributed by atoms with Gasteiger partial charge in [-0.05, 0) is 6.42 Å². The first-order chi connectivity index (χ1) is 6.48. The molecule has 0 aliphatic carbocycles. The molecule has 0 aromatic carbocycles. The molecule has 4 heteroatoms. The summed E-state index contributed by atoms with van der Waals surface area (Å²) in [6, 6.07) is 0. The Hall–Kier alpha value is -0.160. The minimum atomic E-state index is -2.11. The van der Waals surface area contributed by atoms with E-state index in [9.17, 15) is 0 Å². The highest BCUT2D eigenvalue weighted by atomic mass is 16.6. The Morgan fingerprint density at radius 1 is 1.00 bits per heavy atom. The Labute approximate surface area is 86.1 Å². The van der Waals surface area contributed by atoms with Crippen LogP contribution in [-0.2, 0) is 0 Å². The van der Waals surface area contributed by atoms with Crippen molar-refractivity contribution in [1.82, 2.24) is 5.06 Å². The molecule has 0 atom stereocenters. The van der Waals surface area contributed by atoms with Crippen molar-refractivity contribution in [1.29, 1.82) is 0 Å². The third-order valence-electron chi connectivity index (χ3n) is 2.21. The quantitative estimate of drug-likeness (QED) is 0.320. The molecule has 14 heavy (non-hydrogen) atoms. The number of hydrogen-bond acceptors (Lipinski definition) is 4. The molecule has 0 saturated heterocycles. The predicted molar refractivity (Wildman–Crippen MR) is 54.7 cm³/mol. The van der Waals surface area contributed by atoms with Gasteiger partial charge in [-0.15, -0.1) is 5.06 Å². The van der Waals surface area contributed by atoms with Crippen LogP contribution < -0.4 is 0 Å². The van der Waals surface area contributed by atoms with Gasteiger partial charge in [-0.25, -0.2) is 0 Å². The van der Waals surface area contributed by atoms with E-state index in [0.717, 1.165) is 26.2 Å². The third kappa shape index (κ3) is 7.26. The van der Waals surface area contributed by atoms with Gasteiger partial charge in [-0.2, -0.15) is 0 Å². The molecule has 0 aromatic heterocycles. The van der Waals surface area contributed by atoms with E-state index in [-0.39, 0.29) is 0 Å². The third-order valence-corrected chi connectivity index (χ3v) is 2.21. The van der Waals surface area contributed by atoms with E-state index in [0.29, 0.717) is 11.6 Å². The molecule has 3 N–H and O–H groups in total. The zero-order chi connectivity index (χ0) is 11.0. The fraction of sp³-hybridized carbons (Fsp3) is 1.00. The van der Waals surface area contributed by atoms with Gasteiger partial charge in [0.25, 0.3) is 0 Å². The molecular weight excluding hydrogens is 182 g/mol. The first-order valence-electron chi connectivity index (χ1n) is 5.39. The molecular formula is C10H23NO3. The zero-order valence-electron chi connectivity index (χ0n) is 9.24. The summed E-state index contributed by atoms with van der Waals surface area (Å²) in [4.78, 5) is 0. The average Bonchev–Trinajstić information content (AvgIpc) is 2.09. The number of rotatable bonds is 8. The first kappa shape index (κ1) is 13.8. The highest BCUT2D eigenvalue weighted by Crippen LogP contribution is 2.08.